The highest BCUT2D eigenvalue weighted by molar-refractivity contribution is 5.32. The van der Waals surface area contributed by atoms with Crippen molar-refractivity contribution in [3.05, 3.63) is 35.4 Å². The molecule has 1 atom stereocenters. The quantitative estimate of drug-likeness (QED) is 0.585. The smallest absolute Gasteiger partial charge is 0.369 e. The maximum absolute atomic E-state index is 13.0. The van der Waals surface area contributed by atoms with Crippen molar-refractivity contribution in [3.8, 4) is 0 Å². The van der Waals surface area contributed by atoms with Crippen LogP contribution < -0.4 is 0 Å². The van der Waals surface area contributed by atoms with Crippen molar-refractivity contribution in [2.45, 2.75) is 71.8 Å². The molecule has 0 bridgehead atoms. The van der Waals surface area contributed by atoms with Crippen LogP contribution in [0.2, 0.25) is 0 Å². The fourth-order valence-corrected chi connectivity index (χ4v) is 2.98. The number of aliphatic hydroxyl groups is 1. The van der Waals surface area contributed by atoms with Gasteiger partial charge in [-0.25, -0.2) is 0 Å². The molecule has 150 valence electrons. The lowest BCUT2D eigenvalue weighted by Gasteiger charge is -2.37. The minimum atomic E-state index is -5.87. The van der Waals surface area contributed by atoms with Gasteiger partial charge in [0.1, 0.15) is 0 Å². The zero-order valence-corrected chi connectivity index (χ0v) is 15.8. The van der Waals surface area contributed by atoms with Gasteiger partial charge in [-0.15, -0.1) is 0 Å². The van der Waals surface area contributed by atoms with E-state index in [0.29, 0.717) is 12.0 Å². The van der Waals surface area contributed by atoms with Crippen molar-refractivity contribution in [1.82, 2.24) is 0 Å². The highest BCUT2D eigenvalue weighted by Crippen LogP contribution is 2.50. The third-order valence-corrected chi connectivity index (χ3v) is 4.41. The van der Waals surface area contributed by atoms with Crippen LogP contribution in [0.5, 0.6) is 0 Å². The first-order valence-corrected chi connectivity index (χ1v) is 8.27. The molecule has 0 amide bonds. The van der Waals surface area contributed by atoms with Crippen molar-refractivity contribution in [3.63, 3.8) is 0 Å². The molecule has 0 fully saturated rings. The van der Waals surface area contributed by atoms with E-state index in [2.05, 4.69) is 0 Å². The molecular formula is C19H26F6O. The molecule has 0 spiro atoms. The van der Waals surface area contributed by atoms with Crippen molar-refractivity contribution >= 4 is 0 Å². The van der Waals surface area contributed by atoms with Crippen LogP contribution in [-0.2, 0) is 5.60 Å². The maximum atomic E-state index is 13.0. The fraction of sp³-hybridized carbons (Fsp3) is 0.684. The molecule has 1 N–H and O–H groups in total. The first-order chi connectivity index (χ1) is 11.3. The molecule has 0 saturated heterocycles. The van der Waals surface area contributed by atoms with Crippen molar-refractivity contribution in [2.75, 3.05) is 0 Å². The number of hydrogen-bond donors (Lipinski definition) is 1. The Morgan fingerprint density at radius 2 is 1.15 bits per heavy atom. The molecule has 1 rings (SSSR count). The Kier molecular flexibility index (Phi) is 5.90. The summed E-state index contributed by atoms with van der Waals surface area (Å²) in [6, 6.07) is 3.94. The molecule has 0 radical (unpaired) electrons. The van der Waals surface area contributed by atoms with Crippen LogP contribution in [-0.4, -0.2) is 17.5 Å². The van der Waals surface area contributed by atoms with E-state index in [1.54, 1.807) is 0 Å². The summed E-state index contributed by atoms with van der Waals surface area (Å²) in [6.45, 7) is 12.0. The van der Waals surface area contributed by atoms with Crippen LogP contribution >= 0.6 is 0 Å². The fourth-order valence-electron chi connectivity index (χ4n) is 2.98. The summed E-state index contributed by atoms with van der Waals surface area (Å²) in [5, 5.41) is 9.48. The number of alkyl halides is 6. The van der Waals surface area contributed by atoms with Gasteiger partial charge in [0, 0.05) is 5.56 Å². The second-order valence-corrected chi connectivity index (χ2v) is 9.01. The largest absolute Gasteiger partial charge is 0.430 e. The summed E-state index contributed by atoms with van der Waals surface area (Å²) in [5.74, 6) is -0.0681. The molecule has 1 aromatic rings. The predicted molar refractivity (Wildman–Crippen MR) is 88.7 cm³/mol. The maximum Gasteiger partial charge on any atom is 0.430 e. The first-order valence-electron chi connectivity index (χ1n) is 8.27. The van der Waals surface area contributed by atoms with Crippen LogP contribution in [0.15, 0.2) is 24.3 Å². The van der Waals surface area contributed by atoms with Gasteiger partial charge in [0.2, 0.25) is 0 Å². The topological polar surface area (TPSA) is 20.2 Å². The third kappa shape index (κ3) is 4.72. The average molecular weight is 384 g/mol. The zero-order chi connectivity index (χ0) is 20.8. The normalized spacial score (nSPS) is 15.9. The SMILES string of the molecule is CC(C)(C)CC(c1ccc(C(O)(C(F)(F)F)C(F)(F)F)cc1)C(C)(C)C. The van der Waals surface area contributed by atoms with Crippen molar-refractivity contribution in [1.29, 1.82) is 0 Å². The molecule has 0 aliphatic rings. The van der Waals surface area contributed by atoms with E-state index in [1.165, 1.54) is 12.1 Å². The Hall–Kier alpha value is -1.24. The Labute approximate surface area is 150 Å². The van der Waals surface area contributed by atoms with E-state index in [4.69, 9.17) is 0 Å². The Morgan fingerprint density at radius 1 is 0.769 bits per heavy atom. The molecular weight excluding hydrogens is 358 g/mol. The number of hydrogen-bond acceptors (Lipinski definition) is 1. The molecule has 26 heavy (non-hydrogen) atoms. The highest BCUT2D eigenvalue weighted by Gasteiger charge is 2.71. The summed E-state index contributed by atoms with van der Waals surface area (Å²) in [5.41, 5.74) is -5.79. The molecule has 1 nitrogen and oxygen atoms in total. The minimum Gasteiger partial charge on any atom is -0.369 e. The summed E-state index contributed by atoms with van der Waals surface area (Å²) in [6.07, 6.45) is -11.0. The van der Waals surface area contributed by atoms with Crippen LogP contribution in [0, 0.1) is 10.8 Å². The van der Waals surface area contributed by atoms with E-state index in [9.17, 15) is 31.4 Å². The monoisotopic (exact) mass is 384 g/mol. The third-order valence-electron chi connectivity index (χ3n) is 4.41. The Bertz CT molecular complexity index is 585. The lowest BCUT2D eigenvalue weighted by atomic mass is 9.69. The van der Waals surface area contributed by atoms with Crippen molar-refractivity contribution < 1.29 is 31.4 Å². The van der Waals surface area contributed by atoms with Gasteiger partial charge >= 0.3 is 12.4 Å². The molecule has 1 unspecified atom stereocenters. The molecule has 7 heteroatoms. The average Bonchev–Trinajstić information content (AvgIpc) is 2.39. The summed E-state index contributed by atoms with van der Waals surface area (Å²) < 4.78 is 77.9. The summed E-state index contributed by atoms with van der Waals surface area (Å²) in [7, 11) is 0. The molecule has 1 aromatic carbocycles. The molecule has 0 heterocycles. The first kappa shape index (κ1) is 22.8. The van der Waals surface area contributed by atoms with Crippen LogP contribution in [0.1, 0.15) is 65.0 Å². The van der Waals surface area contributed by atoms with E-state index in [0.717, 1.165) is 12.1 Å². The molecule has 0 saturated carbocycles. The van der Waals surface area contributed by atoms with Crippen LogP contribution in [0.4, 0.5) is 26.3 Å². The van der Waals surface area contributed by atoms with Gasteiger partial charge in [-0.05, 0) is 28.7 Å². The van der Waals surface area contributed by atoms with E-state index in [1.807, 2.05) is 41.5 Å². The Morgan fingerprint density at radius 3 is 1.42 bits per heavy atom. The highest BCUT2D eigenvalue weighted by atomic mass is 19.4. The summed E-state index contributed by atoms with van der Waals surface area (Å²) in [4.78, 5) is 0. The van der Waals surface area contributed by atoms with Crippen LogP contribution in [0.25, 0.3) is 0 Å². The van der Waals surface area contributed by atoms with Gasteiger partial charge in [0.05, 0.1) is 0 Å². The lowest BCUT2D eigenvalue weighted by Crippen LogP contribution is -2.53. The van der Waals surface area contributed by atoms with E-state index in [-0.39, 0.29) is 16.7 Å². The van der Waals surface area contributed by atoms with E-state index >= 15 is 0 Å². The number of rotatable bonds is 3. The predicted octanol–water partition coefficient (Wildman–Crippen LogP) is 6.56. The van der Waals surface area contributed by atoms with Crippen molar-refractivity contribution in [2.24, 2.45) is 10.8 Å². The zero-order valence-electron chi connectivity index (χ0n) is 15.8. The standard InChI is InChI=1S/C19H26F6O/c1-15(2,3)11-14(16(4,5)6)12-7-9-13(10-8-12)17(26,18(20,21)22)19(23,24)25/h7-10,14,26H,11H2,1-6H3. The van der Waals surface area contributed by atoms with Gasteiger partial charge in [-0.3, -0.25) is 0 Å². The van der Waals surface area contributed by atoms with E-state index < -0.39 is 23.5 Å². The molecule has 0 aliphatic carbocycles. The summed E-state index contributed by atoms with van der Waals surface area (Å²) >= 11 is 0. The van der Waals surface area contributed by atoms with Gasteiger partial charge in [-0.1, -0.05) is 65.8 Å². The minimum absolute atomic E-state index is 0.0681. The number of halogens is 6. The Balaban J connectivity index is 3.40. The number of benzene rings is 1. The molecule has 0 aliphatic heterocycles. The van der Waals surface area contributed by atoms with Crippen LogP contribution in [0.3, 0.4) is 0 Å². The van der Waals surface area contributed by atoms with Gasteiger partial charge in [-0.2, -0.15) is 26.3 Å². The van der Waals surface area contributed by atoms with Gasteiger partial charge in [0.25, 0.3) is 5.60 Å². The second kappa shape index (κ2) is 6.73. The lowest BCUT2D eigenvalue weighted by molar-refractivity contribution is -0.376. The van der Waals surface area contributed by atoms with Gasteiger partial charge < -0.3 is 5.11 Å². The van der Waals surface area contributed by atoms with Gasteiger partial charge in [0.15, 0.2) is 0 Å². The molecule has 0 aromatic heterocycles. The second-order valence-electron chi connectivity index (χ2n) is 9.01.